The smallest absolute Gasteiger partial charge is 0.150 e. The molecule has 1 aliphatic rings. The lowest BCUT2D eigenvalue weighted by molar-refractivity contribution is 0.117. The molecule has 84 valence electrons. The number of hydrogen-bond donors (Lipinski definition) is 1. The van der Waals surface area contributed by atoms with E-state index in [2.05, 4.69) is 27.0 Å². The van der Waals surface area contributed by atoms with Crippen LogP contribution in [-0.4, -0.2) is 34.5 Å². The molecule has 0 aromatic carbocycles. The van der Waals surface area contributed by atoms with Gasteiger partial charge in [-0.25, -0.2) is 0 Å². The molecule has 0 spiro atoms. The van der Waals surface area contributed by atoms with Gasteiger partial charge in [0.2, 0.25) is 0 Å². The Bertz CT molecular complexity index is 312. The molecule has 1 N–H and O–H groups in total. The fourth-order valence-electron chi connectivity index (χ4n) is 2.03. The van der Waals surface area contributed by atoms with E-state index in [9.17, 15) is 0 Å². The van der Waals surface area contributed by atoms with Crippen LogP contribution in [0.15, 0.2) is 6.33 Å². The second-order valence-corrected chi connectivity index (χ2v) is 3.94. The van der Waals surface area contributed by atoms with Crippen LogP contribution < -0.4 is 5.32 Å². The summed E-state index contributed by atoms with van der Waals surface area (Å²) >= 11 is 0. The Hall–Kier alpha value is -0.940. The van der Waals surface area contributed by atoms with Crippen molar-refractivity contribution in [1.82, 2.24) is 20.1 Å². The summed E-state index contributed by atoms with van der Waals surface area (Å²) in [6, 6.07) is 0.295. The molecule has 0 amide bonds. The van der Waals surface area contributed by atoms with Crippen molar-refractivity contribution in [3.8, 4) is 0 Å². The van der Waals surface area contributed by atoms with Gasteiger partial charge in [-0.1, -0.05) is 6.92 Å². The first-order valence-corrected chi connectivity index (χ1v) is 5.49. The lowest BCUT2D eigenvalue weighted by atomic mass is 10.2. The van der Waals surface area contributed by atoms with Crippen molar-refractivity contribution >= 4 is 0 Å². The number of hydrogen-bond acceptors (Lipinski definition) is 4. The maximum absolute atomic E-state index is 5.32. The molecule has 0 bridgehead atoms. The minimum atomic E-state index is 0.295. The van der Waals surface area contributed by atoms with Crippen LogP contribution in [0.4, 0.5) is 0 Å². The van der Waals surface area contributed by atoms with Gasteiger partial charge in [-0.3, -0.25) is 0 Å². The fraction of sp³-hybridized carbons (Fsp3) is 0.800. The van der Waals surface area contributed by atoms with Gasteiger partial charge < -0.3 is 14.6 Å². The number of rotatable bonds is 4. The minimum absolute atomic E-state index is 0.295. The third kappa shape index (κ3) is 2.18. The molecule has 0 saturated carbocycles. The molecule has 2 atom stereocenters. The first-order valence-electron chi connectivity index (χ1n) is 5.49. The van der Waals surface area contributed by atoms with Crippen LogP contribution in [-0.2, 0) is 11.3 Å². The zero-order valence-corrected chi connectivity index (χ0v) is 9.31. The van der Waals surface area contributed by atoms with E-state index in [1.807, 2.05) is 0 Å². The quantitative estimate of drug-likeness (QED) is 0.796. The van der Waals surface area contributed by atoms with Gasteiger partial charge in [0.1, 0.15) is 12.2 Å². The lowest BCUT2D eigenvalue weighted by Crippen LogP contribution is -2.18. The van der Waals surface area contributed by atoms with Gasteiger partial charge in [-0.15, -0.1) is 10.2 Å². The molecule has 0 radical (unpaired) electrons. The van der Waals surface area contributed by atoms with Gasteiger partial charge in [-0.05, 0) is 12.8 Å². The number of aryl methyl sites for hydroxylation is 1. The molecule has 2 rings (SSSR count). The van der Waals surface area contributed by atoms with Crippen molar-refractivity contribution in [1.29, 1.82) is 0 Å². The highest BCUT2D eigenvalue weighted by Gasteiger charge is 2.28. The third-order valence-electron chi connectivity index (χ3n) is 2.85. The highest BCUT2D eigenvalue weighted by atomic mass is 16.5. The van der Waals surface area contributed by atoms with Gasteiger partial charge in [-0.2, -0.15) is 0 Å². The zero-order chi connectivity index (χ0) is 10.7. The summed E-state index contributed by atoms with van der Waals surface area (Å²) in [7, 11) is 1.76. The Balaban J connectivity index is 2.06. The average molecular weight is 210 g/mol. The van der Waals surface area contributed by atoms with E-state index < -0.39 is 0 Å². The van der Waals surface area contributed by atoms with Crippen molar-refractivity contribution in [2.75, 3.05) is 13.7 Å². The second-order valence-electron chi connectivity index (χ2n) is 3.94. The number of aromatic nitrogens is 3. The Morgan fingerprint density at radius 1 is 1.67 bits per heavy atom. The normalized spacial score (nSPS) is 26.0. The number of nitrogens with zero attached hydrogens (tertiary/aromatic N) is 3. The molecule has 0 aliphatic carbocycles. The summed E-state index contributed by atoms with van der Waals surface area (Å²) in [5.74, 6) is 1.04. The summed E-state index contributed by atoms with van der Waals surface area (Å²) < 4.78 is 7.44. The van der Waals surface area contributed by atoms with Crippen LogP contribution in [0.5, 0.6) is 0 Å². The van der Waals surface area contributed by atoms with Gasteiger partial charge >= 0.3 is 0 Å². The van der Waals surface area contributed by atoms with Gasteiger partial charge in [0.15, 0.2) is 0 Å². The predicted molar refractivity (Wildman–Crippen MR) is 56.5 cm³/mol. The average Bonchev–Trinajstić information content (AvgIpc) is 2.85. The fourth-order valence-corrected chi connectivity index (χ4v) is 2.03. The number of ether oxygens (including phenoxy) is 1. The summed E-state index contributed by atoms with van der Waals surface area (Å²) in [4.78, 5) is 0. The van der Waals surface area contributed by atoms with Gasteiger partial charge in [0, 0.05) is 20.2 Å². The Morgan fingerprint density at radius 3 is 3.20 bits per heavy atom. The maximum Gasteiger partial charge on any atom is 0.150 e. The summed E-state index contributed by atoms with van der Waals surface area (Å²) in [5.41, 5.74) is 0. The standard InChI is InChI=1S/C10H18N4O/c1-3-4-14-7-12-13-10(14)9-5-8(15-2)6-11-9/h7-9,11H,3-6H2,1-2H3. The first kappa shape index (κ1) is 10.6. The Kier molecular flexibility index (Phi) is 3.33. The van der Waals surface area contributed by atoms with Gasteiger partial charge in [0.05, 0.1) is 12.1 Å². The molecule has 2 heterocycles. The first-order chi connectivity index (χ1) is 7.35. The highest BCUT2D eigenvalue weighted by molar-refractivity contribution is 5.00. The van der Waals surface area contributed by atoms with Gasteiger partial charge in [0.25, 0.3) is 0 Å². The van der Waals surface area contributed by atoms with Crippen LogP contribution in [0.3, 0.4) is 0 Å². The lowest BCUT2D eigenvalue weighted by Gasteiger charge is -2.11. The zero-order valence-electron chi connectivity index (χ0n) is 9.31. The largest absolute Gasteiger partial charge is 0.380 e. The molecule has 1 aliphatic heterocycles. The van der Waals surface area contributed by atoms with Crippen LogP contribution in [0, 0.1) is 0 Å². The molecule has 5 nitrogen and oxygen atoms in total. The van der Waals surface area contributed by atoms with E-state index in [1.54, 1.807) is 13.4 Å². The molecular formula is C10H18N4O. The molecule has 15 heavy (non-hydrogen) atoms. The Morgan fingerprint density at radius 2 is 2.53 bits per heavy atom. The molecule has 1 fully saturated rings. The van der Waals surface area contributed by atoms with Crippen LogP contribution >= 0.6 is 0 Å². The second kappa shape index (κ2) is 4.72. The highest BCUT2D eigenvalue weighted by Crippen LogP contribution is 2.22. The molecule has 1 aromatic heterocycles. The van der Waals surface area contributed by atoms with Crippen LogP contribution in [0.1, 0.15) is 31.6 Å². The molecule has 1 saturated heterocycles. The van der Waals surface area contributed by atoms with Crippen LogP contribution in [0.25, 0.3) is 0 Å². The van der Waals surface area contributed by atoms with E-state index in [0.29, 0.717) is 12.1 Å². The monoisotopic (exact) mass is 210 g/mol. The summed E-state index contributed by atoms with van der Waals surface area (Å²) in [6.07, 6.45) is 4.20. The Labute approximate surface area is 89.8 Å². The number of nitrogens with one attached hydrogen (secondary N) is 1. The van der Waals surface area contributed by atoms with E-state index in [-0.39, 0.29) is 0 Å². The van der Waals surface area contributed by atoms with Crippen molar-refractivity contribution in [3.63, 3.8) is 0 Å². The van der Waals surface area contributed by atoms with E-state index in [1.165, 1.54) is 0 Å². The third-order valence-corrected chi connectivity index (χ3v) is 2.85. The molecule has 2 unspecified atom stereocenters. The van der Waals surface area contributed by atoms with E-state index in [0.717, 1.165) is 31.8 Å². The van der Waals surface area contributed by atoms with Crippen molar-refractivity contribution in [2.45, 2.75) is 38.5 Å². The van der Waals surface area contributed by atoms with Crippen molar-refractivity contribution in [3.05, 3.63) is 12.2 Å². The summed E-state index contributed by atoms with van der Waals surface area (Å²) in [5, 5.41) is 11.6. The topological polar surface area (TPSA) is 52.0 Å². The minimum Gasteiger partial charge on any atom is -0.380 e. The van der Waals surface area contributed by atoms with Crippen molar-refractivity contribution < 1.29 is 4.74 Å². The van der Waals surface area contributed by atoms with Crippen molar-refractivity contribution in [2.24, 2.45) is 0 Å². The molecular weight excluding hydrogens is 192 g/mol. The number of methoxy groups -OCH3 is 1. The van der Waals surface area contributed by atoms with E-state index in [4.69, 9.17) is 4.74 Å². The predicted octanol–water partition coefficient (Wildman–Crippen LogP) is 0.737. The van der Waals surface area contributed by atoms with Crippen LogP contribution in [0.2, 0.25) is 0 Å². The molecule has 5 heteroatoms. The summed E-state index contributed by atoms with van der Waals surface area (Å²) in [6.45, 7) is 4.04. The van der Waals surface area contributed by atoms with E-state index >= 15 is 0 Å². The maximum atomic E-state index is 5.32. The molecule has 1 aromatic rings. The SMILES string of the molecule is CCCn1cnnc1C1CC(OC)CN1.